The zero-order valence-electron chi connectivity index (χ0n) is 16.0. The maximum Gasteiger partial charge on any atom is 0.264 e. The van der Waals surface area contributed by atoms with Crippen LogP contribution in [-0.2, 0) is 24.4 Å². The van der Waals surface area contributed by atoms with Crippen LogP contribution in [0.2, 0.25) is 0 Å². The molecule has 154 valence electrons. The molecule has 0 spiro atoms. The largest absolute Gasteiger partial charge is 0.368 e. The van der Waals surface area contributed by atoms with E-state index in [-0.39, 0.29) is 22.8 Å². The van der Waals surface area contributed by atoms with Gasteiger partial charge in [-0.25, -0.2) is 8.42 Å². The average Bonchev–Trinajstić information content (AvgIpc) is 3.27. The van der Waals surface area contributed by atoms with Crippen LogP contribution in [0.1, 0.15) is 23.2 Å². The van der Waals surface area contributed by atoms with Gasteiger partial charge in [0.1, 0.15) is 6.10 Å². The number of hydrogen-bond donors (Lipinski definition) is 0. The number of piperazine rings is 1. The van der Waals surface area contributed by atoms with Crippen molar-refractivity contribution in [1.82, 2.24) is 14.3 Å². The van der Waals surface area contributed by atoms with Crippen LogP contribution >= 0.6 is 0 Å². The minimum atomic E-state index is -3.75. The fourth-order valence-corrected chi connectivity index (χ4v) is 4.28. The fourth-order valence-electron chi connectivity index (χ4n) is 3.30. The summed E-state index contributed by atoms with van der Waals surface area (Å²) in [5.41, 5.74) is 0.401. The van der Waals surface area contributed by atoms with Gasteiger partial charge in [-0.1, -0.05) is 4.47 Å². The summed E-state index contributed by atoms with van der Waals surface area (Å²) in [5.74, 6) is -0.185. The molecule has 2 heterocycles. The van der Waals surface area contributed by atoms with Crippen LogP contribution < -0.4 is 0 Å². The molecule has 0 radical (unpaired) electrons. The second kappa shape index (κ2) is 8.56. The van der Waals surface area contributed by atoms with E-state index in [9.17, 15) is 18.0 Å². The number of benzene rings is 1. The number of rotatable bonds is 5. The Morgan fingerprint density at radius 1 is 1.11 bits per heavy atom. The lowest BCUT2D eigenvalue weighted by Gasteiger charge is -2.35. The van der Waals surface area contributed by atoms with E-state index < -0.39 is 10.0 Å². The van der Waals surface area contributed by atoms with Gasteiger partial charge < -0.3 is 14.5 Å². The highest BCUT2D eigenvalue weighted by molar-refractivity contribution is 7.89. The molecule has 9 nitrogen and oxygen atoms in total. The Kier molecular flexibility index (Phi) is 6.33. The highest BCUT2D eigenvalue weighted by Gasteiger charge is 2.31. The molecular weight excluding hydrogens is 386 g/mol. The molecule has 2 amide bonds. The van der Waals surface area contributed by atoms with Crippen molar-refractivity contribution in [3.63, 3.8) is 0 Å². The SMILES string of the molecule is CON(C)S(=O)(=O)c1ccc(C(=O)N2CCN(C(=O)C3CCCO3)CC2)cc1. The Morgan fingerprint density at radius 3 is 2.25 bits per heavy atom. The molecule has 2 fully saturated rings. The molecule has 10 heteroatoms. The number of hydroxylamine groups is 1. The van der Waals surface area contributed by atoms with Crippen LogP contribution in [-0.4, -0.2) is 87.5 Å². The third-order valence-corrected chi connectivity index (χ3v) is 6.77. The van der Waals surface area contributed by atoms with Gasteiger partial charge in [0.05, 0.1) is 12.0 Å². The second-order valence-corrected chi connectivity index (χ2v) is 8.68. The molecule has 2 aliphatic heterocycles. The van der Waals surface area contributed by atoms with E-state index in [0.717, 1.165) is 17.3 Å². The average molecular weight is 411 g/mol. The Hall–Kier alpha value is -2.01. The molecule has 1 aromatic rings. The molecule has 1 unspecified atom stereocenters. The lowest BCUT2D eigenvalue weighted by atomic mass is 10.1. The van der Waals surface area contributed by atoms with Crippen molar-refractivity contribution >= 4 is 21.8 Å². The number of hydrogen-bond acceptors (Lipinski definition) is 6. The third kappa shape index (κ3) is 4.19. The van der Waals surface area contributed by atoms with Crippen LogP contribution in [0.4, 0.5) is 0 Å². The van der Waals surface area contributed by atoms with Crippen LogP contribution in [0.3, 0.4) is 0 Å². The predicted molar refractivity (Wildman–Crippen MR) is 99.9 cm³/mol. The fraction of sp³-hybridized carbons (Fsp3) is 0.556. The Bertz CT molecular complexity index is 812. The summed E-state index contributed by atoms with van der Waals surface area (Å²) in [4.78, 5) is 33.3. The monoisotopic (exact) mass is 411 g/mol. The first-order valence-electron chi connectivity index (χ1n) is 9.17. The molecule has 0 saturated carbocycles. The standard InChI is InChI=1S/C18H25N3O6S/c1-19(26-2)28(24,25)15-7-5-14(6-8-15)17(22)20-9-11-21(12-10-20)18(23)16-4-3-13-27-16/h5-8,16H,3-4,9-13H2,1-2H3. The van der Waals surface area contributed by atoms with Gasteiger partial charge in [0.2, 0.25) is 0 Å². The molecule has 0 aromatic heterocycles. The minimum absolute atomic E-state index is 0.00132. The Labute approximate surface area is 164 Å². The third-order valence-electron chi connectivity index (χ3n) is 5.08. The maximum absolute atomic E-state index is 12.7. The lowest BCUT2D eigenvalue weighted by molar-refractivity contribution is -0.142. The first-order valence-corrected chi connectivity index (χ1v) is 10.6. The van der Waals surface area contributed by atoms with Gasteiger partial charge in [0, 0.05) is 45.4 Å². The van der Waals surface area contributed by atoms with Crippen LogP contribution in [0.25, 0.3) is 0 Å². The molecule has 1 atom stereocenters. The van der Waals surface area contributed by atoms with Gasteiger partial charge >= 0.3 is 0 Å². The van der Waals surface area contributed by atoms with Crippen LogP contribution in [0.15, 0.2) is 29.2 Å². The van der Waals surface area contributed by atoms with E-state index in [2.05, 4.69) is 0 Å². The lowest BCUT2D eigenvalue weighted by Crippen LogP contribution is -2.52. The zero-order valence-corrected chi connectivity index (χ0v) is 16.9. The molecule has 2 aliphatic rings. The molecule has 3 rings (SSSR count). The van der Waals surface area contributed by atoms with E-state index in [1.54, 1.807) is 9.80 Å². The van der Waals surface area contributed by atoms with Crippen molar-refractivity contribution in [2.24, 2.45) is 0 Å². The number of sulfonamides is 1. The van der Waals surface area contributed by atoms with Crippen molar-refractivity contribution in [2.75, 3.05) is 46.9 Å². The van der Waals surface area contributed by atoms with Crippen molar-refractivity contribution in [3.8, 4) is 0 Å². The number of ether oxygens (including phenoxy) is 1. The first-order chi connectivity index (χ1) is 13.3. The molecule has 1 aromatic carbocycles. The van der Waals surface area contributed by atoms with E-state index >= 15 is 0 Å². The highest BCUT2D eigenvalue weighted by Crippen LogP contribution is 2.18. The molecule has 0 bridgehead atoms. The smallest absolute Gasteiger partial charge is 0.264 e. The first kappa shape index (κ1) is 20.7. The van der Waals surface area contributed by atoms with Crippen molar-refractivity contribution in [1.29, 1.82) is 0 Å². The topological polar surface area (TPSA) is 96.5 Å². The van der Waals surface area contributed by atoms with Crippen molar-refractivity contribution in [2.45, 2.75) is 23.8 Å². The predicted octanol–water partition coefficient (Wildman–Crippen LogP) is 0.332. The second-order valence-electron chi connectivity index (χ2n) is 6.74. The van der Waals surface area contributed by atoms with Gasteiger partial charge in [-0.2, -0.15) is 0 Å². The number of carbonyl (C=O) groups excluding carboxylic acids is 2. The summed E-state index contributed by atoms with van der Waals surface area (Å²) in [6.45, 7) is 2.43. The molecule has 0 aliphatic carbocycles. The van der Waals surface area contributed by atoms with E-state index in [4.69, 9.17) is 9.57 Å². The normalized spacial score (nSPS) is 20.6. The summed E-state index contributed by atoms with van der Waals surface area (Å²) in [6.07, 6.45) is 1.31. The van der Waals surface area contributed by atoms with Gasteiger partial charge in [0.25, 0.3) is 21.8 Å². The molecule has 2 saturated heterocycles. The van der Waals surface area contributed by atoms with Crippen molar-refractivity contribution in [3.05, 3.63) is 29.8 Å². The summed E-state index contributed by atoms with van der Waals surface area (Å²) < 4.78 is 30.6. The number of carbonyl (C=O) groups is 2. The Balaban J connectivity index is 1.60. The van der Waals surface area contributed by atoms with Gasteiger partial charge in [-0.3, -0.25) is 14.4 Å². The molecule has 0 N–H and O–H groups in total. The summed E-state index contributed by atoms with van der Waals surface area (Å²) in [6, 6.07) is 5.75. The van der Waals surface area contributed by atoms with Gasteiger partial charge in [0.15, 0.2) is 0 Å². The summed E-state index contributed by atoms with van der Waals surface area (Å²) in [5, 5.41) is 0. The van der Waals surface area contributed by atoms with Gasteiger partial charge in [-0.15, -0.1) is 0 Å². The van der Waals surface area contributed by atoms with Crippen LogP contribution in [0.5, 0.6) is 0 Å². The zero-order chi connectivity index (χ0) is 20.3. The quantitative estimate of drug-likeness (QED) is 0.648. The van der Waals surface area contributed by atoms with E-state index in [1.165, 1.54) is 38.4 Å². The molecular formula is C18H25N3O6S. The van der Waals surface area contributed by atoms with Crippen molar-refractivity contribution < 1.29 is 27.6 Å². The minimum Gasteiger partial charge on any atom is -0.368 e. The molecule has 28 heavy (non-hydrogen) atoms. The summed E-state index contributed by atoms with van der Waals surface area (Å²) >= 11 is 0. The van der Waals surface area contributed by atoms with Crippen LogP contribution in [0, 0.1) is 0 Å². The van der Waals surface area contributed by atoms with Gasteiger partial charge in [-0.05, 0) is 37.1 Å². The summed E-state index contributed by atoms with van der Waals surface area (Å²) in [7, 11) is -1.19. The maximum atomic E-state index is 12.7. The number of amides is 2. The highest BCUT2D eigenvalue weighted by atomic mass is 32.2. The van der Waals surface area contributed by atoms with E-state index in [1.807, 2.05) is 0 Å². The number of nitrogens with zero attached hydrogens (tertiary/aromatic N) is 3. The van der Waals surface area contributed by atoms with E-state index in [0.29, 0.717) is 38.3 Å². The Morgan fingerprint density at radius 2 is 1.71 bits per heavy atom.